The van der Waals surface area contributed by atoms with Crippen LogP contribution >= 0.6 is 0 Å². The summed E-state index contributed by atoms with van der Waals surface area (Å²) < 4.78 is 16.9. The lowest BCUT2D eigenvalue weighted by atomic mass is 9.81. The Balaban J connectivity index is 1.87. The van der Waals surface area contributed by atoms with Crippen molar-refractivity contribution < 1.29 is 19.3 Å². The zero-order chi connectivity index (χ0) is 14.2. The van der Waals surface area contributed by atoms with Crippen molar-refractivity contribution in [3.63, 3.8) is 0 Å². The fraction of sp³-hybridized carbons (Fsp3) is 0.625. The average molecular weight is 278 g/mol. The van der Waals surface area contributed by atoms with Gasteiger partial charge in [-0.05, 0) is 23.6 Å². The van der Waals surface area contributed by atoms with E-state index in [0.717, 1.165) is 17.1 Å². The van der Waals surface area contributed by atoms with Gasteiger partial charge in [0.25, 0.3) is 0 Å². The van der Waals surface area contributed by atoms with Crippen LogP contribution < -0.4 is 9.47 Å². The van der Waals surface area contributed by atoms with Gasteiger partial charge in [-0.3, -0.25) is 0 Å². The van der Waals surface area contributed by atoms with E-state index in [1.165, 1.54) is 0 Å². The Bertz CT molecular complexity index is 485. The van der Waals surface area contributed by atoms with Gasteiger partial charge in [-0.25, -0.2) is 0 Å². The van der Waals surface area contributed by atoms with Crippen LogP contribution in [0.3, 0.4) is 0 Å². The van der Waals surface area contributed by atoms with Crippen molar-refractivity contribution in [2.75, 3.05) is 19.8 Å². The third-order valence-electron chi connectivity index (χ3n) is 4.21. The summed E-state index contributed by atoms with van der Waals surface area (Å²) in [6.07, 6.45) is 1.35. The molecular formula is C16H22O4. The molecular weight excluding hydrogens is 256 g/mol. The van der Waals surface area contributed by atoms with E-state index < -0.39 is 5.60 Å². The molecule has 1 aromatic rings. The average Bonchev–Trinajstić information content (AvgIpc) is 2.47. The molecule has 4 nitrogen and oxygen atoms in total. The van der Waals surface area contributed by atoms with Gasteiger partial charge in [0.05, 0.1) is 18.3 Å². The molecule has 1 aromatic carbocycles. The van der Waals surface area contributed by atoms with E-state index in [9.17, 15) is 5.11 Å². The quantitative estimate of drug-likeness (QED) is 0.903. The molecule has 2 atom stereocenters. The van der Waals surface area contributed by atoms with Crippen LogP contribution in [0, 0.1) is 5.92 Å². The van der Waals surface area contributed by atoms with Gasteiger partial charge in [0.15, 0.2) is 11.5 Å². The fourth-order valence-corrected chi connectivity index (χ4v) is 2.90. The number of hydrogen-bond donors (Lipinski definition) is 1. The van der Waals surface area contributed by atoms with E-state index in [-0.39, 0.29) is 6.10 Å². The minimum Gasteiger partial charge on any atom is -0.486 e. The Morgan fingerprint density at radius 1 is 1.15 bits per heavy atom. The van der Waals surface area contributed by atoms with E-state index in [1.807, 2.05) is 18.2 Å². The first-order chi connectivity index (χ1) is 9.58. The summed E-state index contributed by atoms with van der Waals surface area (Å²) in [5.74, 6) is 1.89. The van der Waals surface area contributed by atoms with Crippen LogP contribution in [0.2, 0.25) is 0 Å². The zero-order valence-electron chi connectivity index (χ0n) is 12.1. The lowest BCUT2D eigenvalue weighted by molar-refractivity contribution is -0.121. The van der Waals surface area contributed by atoms with E-state index >= 15 is 0 Å². The lowest BCUT2D eigenvalue weighted by Crippen LogP contribution is -2.40. The van der Waals surface area contributed by atoms with E-state index in [0.29, 0.717) is 38.6 Å². The van der Waals surface area contributed by atoms with Crippen molar-refractivity contribution in [1.82, 2.24) is 0 Å². The molecule has 0 bridgehead atoms. The fourth-order valence-electron chi connectivity index (χ4n) is 2.90. The van der Waals surface area contributed by atoms with Crippen LogP contribution in [0.5, 0.6) is 11.5 Å². The van der Waals surface area contributed by atoms with Crippen molar-refractivity contribution in [1.29, 1.82) is 0 Å². The summed E-state index contributed by atoms with van der Waals surface area (Å²) in [5.41, 5.74) is 0.0685. The van der Waals surface area contributed by atoms with Crippen LogP contribution in [-0.2, 0) is 10.3 Å². The number of fused-ring (bicyclic) bond motifs is 1. The number of benzene rings is 1. The standard InChI is InChI=1S/C16H22O4/c1-11(2)15-10-16(17,5-6-18-15)12-3-4-13-14(9-12)20-8-7-19-13/h3-4,9,11,15,17H,5-8,10H2,1-2H3. The number of rotatable bonds is 2. The van der Waals surface area contributed by atoms with Gasteiger partial charge in [-0.15, -0.1) is 0 Å². The summed E-state index contributed by atoms with van der Waals surface area (Å²) in [6, 6.07) is 5.75. The second kappa shape index (κ2) is 5.26. The first-order valence-electron chi connectivity index (χ1n) is 7.33. The number of aliphatic hydroxyl groups is 1. The molecule has 0 aliphatic carbocycles. The van der Waals surface area contributed by atoms with E-state index in [4.69, 9.17) is 14.2 Å². The second-order valence-electron chi connectivity index (χ2n) is 6.00. The zero-order valence-corrected chi connectivity index (χ0v) is 12.1. The number of hydrogen-bond acceptors (Lipinski definition) is 4. The molecule has 3 rings (SSSR count). The van der Waals surface area contributed by atoms with Crippen LogP contribution in [0.15, 0.2) is 18.2 Å². The smallest absolute Gasteiger partial charge is 0.161 e. The maximum atomic E-state index is 11.0. The summed E-state index contributed by atoms with van der Waals surface area (Å²) in [4.78, 5) is 0. The summed E-state index contributed by atoms with van der Waals surface area (Å²) >= 11 is 0. The summed E-state index contributed by atoms with van der Waals surface area (Å²) in [7, 11) is 0. The maximum Gasteiger partial charge on any atom is 0.161 e. The molecule has 0 aromatic heterocycles. The molecule has 0 amide bonds. The van der Waals surface area contributed by atoms with Gasteiger partial charge < -0.3 is 19.3 Å². The van der Waals surface area contributed by atoms with Crippen molar-refractivity contribution in [3.05, 3.63) is 23.8 Å². The normalized spacial score (nSPS) is 29.5. The monoisotopic (exact) mass is 278 g/mol. The van der Waals surface area contributed by atoms with Gasteiger partial charge in [0.1, 0.15) is 13.2 Å². The van der Waals surface area contributed by atoms with Crippen LogP contribution in [0.1, 0.15) is 32.3 Å². The molecule has 0 radical (unpaired) electrons. The Kier molecular flexibility index (Phi) is 3.61. The molecule has 2 aliphatic rings. The molecule has 2 heterocycles. The van der Waals surface area contributed by atoms with Crippen molar-refractivity contribution in [3.8, 4) is 11.5 Å². The largest absolute Gasteiger partial charge is 0.486 e. The highest BCUT2D eigenvalue weighted by Gasteiger charge is 2.38. The topological polar surface area (TPSA) is 47.9 Å². The third-order valence-corrected chi connectivity index (χ3v) is 4.21. The van der Waals surface area contributed by atoms with Gasteiger partial charge in [0.2, 0.25) is 0 Å². The number of ether oxygens (including phenoxy) is 3. The molecule has 20 heavy (non-hydrogen) atoms. The summed E-state index contributed by atoms with van der Waals surface area (Å²) in [6.45, 7) is 5.99. The highest BCUT2D eigenvalue weighted by Crippen LogP contribution is 2.40. The Morgan fingerprint density at radius 3 is 2.65 bits per heavy atom. The molecule has 4 heteroatoms. The molecule has 1 saturated heterocycles. The van der Waals surface area contributed by atoms with Crippen molar-refractivity contribution in [2.45, 2.75) is 38.4 Å². The van der Waals surface area contributed by atoms with Gasteiger partial charge in [0, 0.05) is 12.8 Å². The second-order valence-corrected chi connectivity index (χ2v) is 6.00. The minimum absolute atomic E-state index is 0.0990. The predicted octanol–water partition coefficient (Wildman–Crippen LogP) is 2.48. The van der Waals surface area contributed by atoms with Crippen LogP contribution in [0.25, 0.3) is 0 Å². The maximum absolute atomic E-state index is 11.0. The Morgan fingerprint density at radius 2 is 1.90 bits per heavy atom. The molecule has 2 unspecified atom stereocenters. The molecule has 0 saturated carbocycles. The predicted molar refractivity (Wildman–Crippen MR) is 75.1 cm³/mol. The molecule has 1 fully saturated rings. The Labute approximate surface area is 119 Å². The molecule has 1 N–H and O–H groups in total. The van der Waals surface area contributed by atoms with E-state index in [1.54, 1.807) is 0 Å². The van der Waals surface area contributed by atoms with Crippen LogP contribution in [0.4, 0.5) is 0 Å². The first kappa shape index (κ1) is 13.7. The summed E-state index contributed by atoms with van der Waals surface area (Å²) in [5, 5.41) is 11.0. The molecule has 110 valence electrons. The highest BCUT2D eigenvalue weighted by atomic mass is 16.6. The highest BCUT2D eigenvalue weighted by molar-refractivity contribution is 5.45. The lowest BCUT2D eigenvalue weighted by Gasteiger charge is -2.39. The minimum atomic E-state index is -0.830. The SMILES string of the molecule is CC(C)C1CC(O)(c2ccc3c(c2)OCCO3)CCO1. The first-order valence-corrected chi connectivity index (χ1v) is 7.33. The van der Waals surface area contributed by atoms with Gasteiger partial charge in [-0.2, -0.15) is 0 Å². The molecule has 0 spiro atoms. The van der Waals surface area contributed by atoms with Gasteiger partial charge >= 0.3 is 0 Å². The Hall–Kier alpha value is -1.26. The molecule has 2 aliphatic heterocycles. The van der Waals surface area contributed by atoms with E-state index in [2.05, 4.69) is 13.8 Å². The third kappa shape index (κ3) is 2.50. The van der Waals surface area contributed by atoms with Crippen LogP contribution in [-0.4, -0.2) is 31.0 Å². The van der Waals surface area contributed by atoms with Crippen molar-refractivity contribution >= 4 is 0 Å². The van der Waals surface area contributed by atoms with Crippen molar-refractivity contribution in [2.24, 2.45) is 5.92 Å². The van der Waals surface area contributed by atoms with Gasteiger partial charge in [-0.1, -0.05) is 19.9 Å².